The lowest BCUT2D eigenvalue weighted by Crippen LogP contribution is -2.47. The van der Waals surface area contributed by atoms with Crippen LogP contribution >= 0.6 is 0 Å². The Morgan fingerprint density at radius 1 is 1.19 bits per heavy atom. The molecule has 2 aliphatic heterocycles. The minimum atomic E-state index is 0.214. The maximum Gasteiger partial charge on any atom is 0.320 e. The number of amides is 2. The van der Waals surface area contributed by atoms with Crippen LogP contribution in [0.15, 0.2) is 0 Å². The van der Waals surface area contributed by atoms with E-state index in [-0.39, 0.29) is 6.03 Å². The molecule has 2 amide bonds. The number of carbonyl (C=O) groups is 1. The summed E-state index contributed by atoms with van der Waals surface area (Å²) in [6.07, 6.45) is 1.16. The summed E-state index contributed by atoms with van der Waals surface area (Å²) in [6.45, 7) is 9.23. The first-order chi connectivity index (χ1) is 7.68. The molecule has 1 unspecified atom stereocenters. The second kappa shape index (κ2) is 5.04. The van der Waals surface area contributed by atoms with Gasteiger partial charge in [0.2, 0.25) is 0 Å². The Hall–Kier alpha value is -0.770. The Labute approximate surface area is 97.5 Å². The predicted molar refractivity (Wildman–Crippen MR) is 62.3 cm³/mol. The van der Waals surface area contributed by atoms with E-state index in [0.29, 0.717) is 25.0 Å². The molecule has 0 aromatic rings. The number of hydrogen-bond donors (Lipinski definition) is 0. The third-order valence-corrected chi connectivity index (χ3v) is 3.72. The van der Waals surface area contributed by atoms with E-state index < -0.39 is 0 Å². The number of ether oxygens (including phenoxy) is 1. The third kappa shape index (κ3) is 2.48. The Kier molecular flexibility index (Phi) is 3.69. The van der Waals surface area contributed by atoms with Gasteiger partial charge in [-0.3, -0.25) is 0 Å². The molecule has 4 heteroatoms. The summed E-state index contributed by atoms with van der Waals surface area (Å²) in [7, 11) is 0. The van der Waals surface area contributed by atoms with Gasteiger partial charge >= 0.3 is 6.03 Å². The van der Waals surface area contributed by atoms with Gasteiger partial charge in [-0.15, -0.1) is 0 Å². The van der Waals surface area contributed by atoms with Crippen molar-refractivity contribution in [3.63, 3.8) is 0 Å². The zero-order valence-corrected chi connectivity index (χ0v) is 10.3. The Bertz CT molecular complexity index is 249. The molecule has 16 heavy (non-hydrogen) atoms. The highest BCUT2D eigenvalue weighted by Crippen LogP contribution is 2.24. The van der Waals surface area contributed by atoms with Gasteiger partial charge in [0.1, 0.15) is 0 Å². The van der Waals surface area contributed by atoms with Gasteiger partial charge in [0.05, 0.1) is 13.2 Å². The van der Waals surface area contributed by atoms with Crippen LogP contribution in [0, 0.1) is 11.8 Å². The lowest BCUT2D eigenvalue weighted by molar-refractivity contribution is 0.0447. The maximum absolute atomic E-state index is 12.2. The Morgan fingerprint density at radius 2 is 1.88 bits per heavy atom. The highest BCUT2D eigenvalue weighted by atomic mass is 16.5. The average Bonchev–Trinajstić information content (AvgIpc) is 2.78. The van der Waals surface area contributed by atoms with Crippen LogP contribution in [0.2, 0.25) is 0 Å². The number of rotatable bonds is 1. The standard InChI is InChI=1S/C12H22N2O2/c1-10(2)11-3-4-14(9-11)12(15)13-5-7-16-8-6-13/h10-11H,3-9H2,1-2H3. The molecule has 0 aliphatic carbocycles. The van der Waals surface area contributed by atoms with Crippen molar-refractivity contribution >= 4 is 6.03 Å². The zero-order chi connectivity index (χ0) is 11.5. The molecule has 2 rings (SSSR count). The van der Waals surface area contributed by atoms with E-state index in [1.807, 2.05) is 9.80 Å². The molecule has 0 aromatic heterocycles. The van der Waals surface area contributed by atoms with Crippen molar-refractivity contribution in [3.8, 4) is 0 Å². The number of nitrogens with zero attached hydrogens (tertiary/aromatic N) is 2. The fourth-order valence-electron chi connectivity index (χ4n) is 2.46. The lowest BCUT2D eigenvalue weighted by atomic mass is 9.95. The van der Waals surface area contributed by atoms with Crippen LogP contribution in [0.3, 0.4) is 0 Å². The van der Waals surface area contributed by atoms with Crippen molar-refractivity contribution in [2.75, 3.05) is 39.4 Å². The van der Waals surface area contributed by atoms with E-state index >= 15 is 0 Å². The van der Waals surface area contributed by atoms with Crippen LogP contribution in [0.5, 0.6) is 0 Å². The number of urea groups is 1. The first-order valence-electron chi connectivity index (χ1n) is 6.30. The van der Waals surface area contributed by atoms with Crippen molar-refractivity contribution < 1.29 is 9.53 Å². The number of morpholine rings is 1. The van der Waals surface area contributed by atoms with Crippen LogP contribution in [-0.2, 0) is 4.74 Å². The summed E-state index contributed by atoms with van der Waals surface area (Å²) in [5.41, 5.74) is 0. The second-order valence-corrected chi connectivity index (χ2v) is 5.12. The number of hydrogen-bond acceptors (Lipinski definition) is 2. The predicted octanol–water partition coefficient (Wildman–Crippen LogP) is 1.42. The molecular formula is C12H22N2O2. The fourth-order valence-corrected chi connectivity index (χ4v) is 2.46. The van der Waals surface area contributed by atoms with Gasteiger partial charge in [-0.2, -0.15) is 0 Å². The monoisotopic (exact) mass is 226 g/mol. The molecule has 0 saturated carbocycles. The summed E-state index contributed by atoms with van der Waals surface area (Å²) in [6, 6.07) is 0.214. The van der Waals surface area contributed by atoms with Crippen molar-refractivity contribution in [2.45, 2.75) is 20.3 Å². The van der Waals surface area contributed by atoms with Gasteiger partial charge in [0, 0.05) is 26.2 Å². The van der Waals surface area contributed by atoms with E-state index in [0.717, 1.165) is 32.6 Å². The first kappa shape index (κ1) is 11.7. The van der Waals surface area contributed by atoms with Gasteiger partial charge in [0.15, 0.2) is 0 Å². The van der Waals surface area contributed by atoms with E-state index in [9.17, 15) is 4.79 Å². The zero-order valence-electron chi connectivity index (χ0n) is 10.3. The average molecular weight is 226 g/mol. The van der Waals surface area contributed by atoms with E-state index in [1.165, 1.54) is 0 Å². The minimum Gasteiger partial charge on any atom is -0.378 e. The second-order valence-electron chi connectivity index (χ2n) is 5.12. The normalized spacial score (nSPS) is 26.6. The molecule has 2 fully saturated rings. The maximum atomic E-state index is 12.2. The van der Waals surface area contributed by atoms with Crippen molar-refractivity contribution in [1.82, 2.24) is 9.80 Å². The molecule has 4 nitrogen and oxygen atoms in total. The number of carbonyl (C=O) groups excluding carboxylic acids is 1. The summed E-state index contributed by atoms with van der Waals surface area (Å²) in [5, 5.41) is 0. The first-order valence-corrected chi connectivity index (χ1v) is 6.30. The third-order valence-electron chi connectivity index (χ3n) is 3.72. The van der Waals surface area contributed by atoms with E-state index in [1.54, 1.807) is 0 Å². The SMILES string of the molecule is CC(C)C1CCN(C(=O)N2CCOCC2)C1. The van der Waals surface area contributed by atoms with Crippen molar-refractivity contribution in [2.24, 2.45) is 11.8 Å². The van der Waals surface area contributed by atoms with Crippen LogP contribution in [0.1, 0.15) is 20.3 Å². The summed E-state index contributed by atoms with van der Waals surface area (Å²) in [4.78, 5) is 16.1. The molecule has 0 radical (unpaired) electrons. The highest BCUT2D eigenvalue weighted by molar-refractivity contribution is 5.74. The molecule has 2 heterocycles. The van der Waals surface area contributed by atoms with Gasteiger partial charge < -0.3 is 14.5 Å². The topological polar surface area (TPSA) is 32.8 Å². The van der Waals surface area contributed by atoms with Gasteiger partial charge in [0.25, 0.3) is 0 Å². The van der Waals surface area contributed by atoms with Crippen LogP contribution < -0.4 is 0 Å². The Morgan fingerprint density at radius 3 is 2.44 bits per heavy atom. The molecular weight excluding hydrogens is 204 g/mol. The van der Waals surface area contributed by atoms with Gasteiger partial charge in [-0.25, -0.2) is 4.79 Å². The van der Waals surface area contributed by atoms with Gasteiger partial charge in [-0.05, 0) is 18.3 Å². The highest BCUT2D eigenvalue weighted by Gasteiger charge is 2.31. The molecule has 1 atom stereocenters. The lowest BCUT2D eigenvalue weighted by Gasteiger charge is -2.31. The molecule has 0 aromatic carbocycles. The summed E-state index contributed by atoms with van der Waals surface area (Å²) >= 11 is 0. The number of likely N-dealkylation sites (tertiary alicyclic amines) is 1. The quantitative estimate of drug-likeness (QED) is 0.677. The summed E-state index contributed by atoms with van der Waals surface area (Å²) in [5.74, 6) is 1.37. The van der Waals surface area contributed by atoms with Crippen LogP contribution in [0.25, 0.3) is 0 Å². The molecule has 0 N–H and O–H groups in total. The minimum absolute atomic E-state index is 0.214. The molecule has 0 bridgehead atoms. The van der Waals surface area contributed by atoms with Crippen LogP contribution in [0.4, 0.5) is 4.79 Å². The molecule has 0 spiro atoms. The van der Waals surface area contributed by atoms with Crippen molar-refractivity contribution in [1.29, 1.82) is 0 Å². The van der Waals surface area contributed by atoms with E-state index in [4.69, 9.17) is 4.74 Å². The molecule has 2 saturated heterocycles. The van der Waals surface area contributed by atoms with Gasteiger partial charge in [-0.1, -0.05) is 13.8 Å². The molecule has 92 valence electrons. The smallest absolute Gasteiger partial charge is 0.320 e. The fraction of sp³-hybridized carbons (Fsp3) is 0.917. The van der Waals surface area contributed by atoms with E-state index in [2.05, 4.69) is 13.8 Å². The molecule has 2 aliphatic rings. The largest absolute Gasteiger partial charge is 0.378 e. The summed E-state index contributed by atoms with van der Waals surface area (Å²) < 4.78 is 5.26. The van der Waals surface area contributed by atoms with Crippen molar-refractivity contribution in [3.05, 3.63) is 0 Å². The Balaban J connectivity index is 1.86. The van der Waals surface area contributed by atoms with Crippen LogP contribution in [-0.4, -0.2) is 55.2 Å².